The van der Waals surface area contributed by atoms with Gasteiger partial charge < -0.3 is 5.11 Å². The average molecular weight is 217 g/mol. The molecule has 0 bridgehead atoms. The molecule has 82 valence electrons. The normalized spacial score (nSPS) is 24.8. The van der Waals surface area contributed by atoms with Gasteiger partial charge in [0.25, 0.3) is 0 Å². The Morgan fingerprint density at radius 1 is 1.56 bits per heavy atom. The van der Waals surface area contributed by atoms with Gasteiger partial charge in [-0.3, -0.25) is 4.79 Å². The maximum Gasteiger partial charge on any atom is 0.178 e. The number of aliphatic hydroxyl groups is 1. The van der Waals surface area contributed by atoms with E-state index < -0.39 is 11.6 Å². The second kappa shape index (κ2) is 3.63. The lowest BCUT2D eigenvalue weighted by Gasteiger charge is -2.24. The number of azide groups is 1. The first-order valence-electron chi connectivity index (χ1n) is 4.99. The van der Waals surface area contributed by atoms with Crippen LogP contribution < -0.4 is 0 Å². The zero-order valence-electron chi connectivity index (χ0n) is 8.79. The fourth-order valence-corrected chi connectivity index (χ4v) is 2.08. The summed E-state index contributed by atoms with van der Waals surface area (Å²) in [4.78, 5) is 14.8. The molecule has 2 rings (SSSR count). The number of rotatable bonds is 2. The Kier molecular flexibility index (Phi) is 2.42. The summed E-state index contributed by atoms with van der Waals surface area (Å²) in [5.74, 6) is -0.295. The first-order valence-corrected chi connectivity index (χ1v) is 4.99. The molecule has 0 saturated carbocycles. The van der Waals surface area contributed by atoms with Crippen molar-refractivity contribution in [2.75, 3.05) is 0 Å². The van der Waals surface area contributed by atoms with Gasteiger partial charge in [-0.25, -0.2) is 0 Å². The van der Waals surface area contributed by atoms with Gasteiger partial charge in [-0.2, -0.15) is 0 Å². The van der Waals surface area contributed by atoms with Crippen molar-refractivity contribution < 1.29 is 9.90 Å². The van der Waals surface area contributed by atoms with E-state index in [4.69, 9.17) is 5.53 Å². The van der Waals surface area contributed by atoms with Crippen molar-refractivity contribution >= 4 is 5.78 Å². The SMILES string of the molecule is CC(O)C1(N=[N+]=[N-])Cc2ccccc2C1=O. The van der Waals surface area contributed by atoms with Crippen LogP contribution in [0.15, 0.2) is 29.4 Å². The molecule has 1 aliphatic carbocycles. The molecule has 0 radical (unpaired) electrons. The Hall–Kier alpha value is -1.84. The van der Waals surface area contributed by atoms with E-state index in [1.165, 1.54) is 6.92 Å². The number of hydrogen-bond donors (Lipinski definition) is 1. The van der Waals surface area contributed by atoms with Crippen LogP contribution in [0.25, 0.3) is 10.4 Å². The van der Waals surface area contributed by atoms with Crippen molar-refractivity contribution in [1.29, 1.82) is 0 Å². The van der Waals surface area contributed by atoms with Crippen LogP contribution >= 0.6 is 0 Å². The number of nitrogens with zero attached hydrogens (tertiary/aromatic N) is 3. The third kappa shape index (κ3) is 1.30. The van der Waals surface area contributed by atoms with Gasteiger partial charge in [0, 0.05) is 10.5 Å². The Balaban J connectivity index is 2.57. The lowest BCUT2D eigenvalue weighted by molar-refractivity contribution is 0.0669. The lowest BCUT2D eigenvalue weighted by Crippen LogP contribution is -2.44. The first kappa shape index (κ1) is 10.7. The van der Waals surface area contributed by atoms with Crippen LogP contribution in [0.3, 0.4) is 0 Å². The molecule has 5 heteroatoms. The Morgan fingerprint density at radius 2 is 2.25 bits per heavy atom. The highest BCUT2D eigenvalue weighted by Crippen LogP contribution is 2.35. The second-order valence-electron chi connectivity index (χ2n) is 3.95. The highest BCUT2D eigenvalue weighted by atomic mass is 16.3. The van der Waals surface area contributed by atoms with Gasteiger partial charge in [0.05, 0.1) is 6.10 Å². The number of aliphatic hydroxyl groups excluding tert-OH is 1. The highest BCUT2D eigenvalue weighted by molar-refractivity contribution is 6.08. The standard InChI is InChI=1S/C11H11N3O2/c1-7(15)11(13-14-12)6-8-4-2-3-5-9(8)10(11)16/h2-5,7,15H,6H2,1H3. The number of carbonyl (C=O) groups excluding carboxylic acids is 1. The molecule has 1 aliphatic rings. The predicted molar refractivity (Wildman–Crippen MR) is 58.0 cm³/mol. The molecule has 0 heterocycles. The summed E-state index contributed by atoms with van der Waals surface area (Å²) in [5, 5.41) is 13.2. The highest BCUT2D eigenvalue weighted by Gasteiger charge is 2.48. The molecule has 2 unspecified atom stereocenters. The molecule has 1 aromatic carbocycles. The summed E-state index contributed by atoms with van der Waals surface area (Å²) in [7, 11) is 0. The van der Waals surface area contributed by atoms with E-state index in [1.807, 2.05) is 12.1 Å². The second-order valence-corrected chi connectivity index (χ2v) is 3.95. The summed E-state index contributed by atoms with van der Waals surface area (Å²) in [6.07, 6.45) is -0.729. The lowest BCUT2D eigenvalue weighted by atomic mass is 9.90. The van der Waals surface area contributed by atoms with Gasteiger partial charge in [-0.15, -0.1) is 0 Å². The first-order chi connectivity index (χ1) is 7.62. The van der Waals surface area contributed by atoms with E-state index in [9.17, 15) is 9.90 Å². The van der Waals surface area contributed by atoms with Crippen molar-refractivity contribution in [2.45, 2.75) is 25.0 Å². The number of fused-ring (bicyclic) bond motifs is 1. The molecule has 2 atom stereocenters. The van der Waals surface area contributed by atoms with Crippen LogP contribution in [0.1, 0.15) is 22.8 Å². The fraction of sp³-hybridized carbons (Fsp3) is 0.364. The zero-order valence-corrected chi connectivity index (χ0v) is 8.79. The molecular weight excluding hydrogens is 206 g/mol. The van der Waals surface area contributed by atoms with E-state index >= 15 is 0 Å². The third-order valence-electron chi connectivity index (χ3n) is 3.03. The van der Waals surface area contributed by atoms with Crippen molar-refractivity contribution in [2.24, 2.45) is 5.11 Å². The summed E-state index contributed by atoms with van der Waals surface area (Å²) < 4.78 is 0. The average Bonchev–Trinajstić information content (AvgIpc) is 2.55. The third-order valence-corrected chi connectivity index (χ3v) is 3.03. The quantitative estimate of drug-likeness (QED) is 0.465. The minimum Gasteiger partial charge on any atom is -0.392 e. The van der Waals surface area contributed by atoms with Crippen molar-refractivity contribution in [3.63, 3.8) is 0 Å². The number of benzene rings is 1. The number of hydrogen-bond acceptors (Lipinski definition) is 3. The molecule has 16 heavy (non-hydrogen) atoms. The van der Waals surface area contributed by atoms with Crippen LogP contribution in [-0.2, 0) is 6.42 Å². The molecule has 1 N–H and O–H groups in total. The molecule has 0 fully saturated rings. The maximum absolute atomic E-state index is 12.1. The Labute approximate surface area is 92.3 Å². The van der Waals surface area contributed by atoms with Crippen molar-refractivity contribution in [1.82, 2.24) is 0 Å². The van der Waals surface area contributed by atoms with Crippen LogP contribution in [0.5, 0.6) is 0 Å². The van der Waals surface area contributed by atoms with E-state index in [-0.39, 0.29) is 12.2 Å². The molecule has 0 amide bonds. The summed E-state index contributed by atoms with van der Waals surface area (Å²) in [6.45, 7) is 1.47. The van der Waals surface area contributed by atoms with Crippen LogP contribution in [-0.4, -0.2) is 22.5 Å². The predicted octanol–water partition coefficient (Wildman–Crippen LogP) is 1.86. The number of ketones is 1. The van der Waals surface area contributed by atoms with Crippen LogP contribution in [0.2, 0.25) is 0 Å². The monoisotopic (exact) mass is 217 g/mol. The molecule has 0 spiro atoms. The topological polar surface area (TPSA) is 86.1 Å². The maximum atomic E-state index is 12.1. The van der Waals surface area contributed by atoms with Gasteiger partial charge in [-0.1, -0.05) is 29.4 Å². The summed E-state index contributed by atoms with van der Waals surface area (Å²) in [5.41, 5.74) is 8.53. The summed E-state index contributed by atoms with van der Waals surface area (Å²) in [6, 6.07) is 7.07. The number of Topliss-reactive ketones (excluding diaryl/α,β-unsaturated/α-hetero) is 1. The minimum absolute atomic E-state index is 0.268. The summed E-state index contributed by atoms with van der Waals surface area (Å²) >= 11 is 0. The van der Waals surface area contributed by atoms with Crippen molar-refractivity contribution in [3.8, 4) is 0 Å². The molecule has 5 nitrogen and oxygen atoms in total. The largest absolute Gasteiger partial charge is 0.392 e. The molecule has 1 aromatic rings. The van der Waals surface area contributed by atoms with Gasteiger partial charge in [0.2, 0.25) is 0 Å². The van der Waals surface area contributed by atoms with Gasteiger partial charge in [-0.05, 0) is 24.4 Å². The van der Waals surface area contributed by atoms with E-state index in [1.54, 1.807) is 12.1 Å². The Morgan fingerprint density at radius 3 is 2.81 bits per heavy atom. The van der Waals surface area contributed by atoms with E-state index in [0.717, 1.165) is 5.56 Å². The molecular formula is C11H11N3O2. The smallest absolute Gasteiger partial charge is 0.178 e. The molecule has 0 aromatic heterocycles. The van der Waals surface area contributed by atoms with Crippen LogP contribution in [0, 0.1) is 0 Å². The zero-order chi connectivity index (χ0) is 11.8. The number of carbonyl (C=O) groups is 1. The van der Waals surface area contributed by atoms with Crippen molar-refractivity contribution in [3.05, 3.63) is 45.8 Å². The minimum atomic E-state index is -1.36. The molecule has 0 aliphatic heterocycles. The Bertz CT molecular complexity index is 492. The van der Waals surface area contributed by atoms with Gasteiger partial charge in [0.15, 0.2) is 5.78 Å². The fourth-order valence-electron chi connectivity index (χ4n) is 2.08. The van der Waals surface area contributed by atoms with E-state index in [0.29, 0.717) is 5.56 Å². The van der Waals surface area contributed by atoms with Gasteiger partial charge >= 0.3 is 0 Å². The van der Waals surface area contributed by atoms with Crippen LogP contribution in [0.4, 0.5) is 0 Å². The van der Waals surface area contributed by atoms with E-state index in [2.05, 4.69) is 10.0 Å². The van der Waals surface area contributed by atoms with Gasteiger partial charge in [0.1, 0.15) is 5.54 Å². The molecule has 0 saturated heterocycles.